The third kappa shape index (κ3) is 3.38. The van der Waals surface area contributed by atoms with Gasteiger partial charge in [-0.25, -0.2) is 10.4 Å². The summed E-state index contributed by atoms with van der Waals surface area (Å²) in [5.74, 6) is 0.496. The van der Waals surface area contributed by atoms with Crippen LogP contribution in [0.3, 0.4) is 0 Å². The molecule has 6 nitrogen and oxygen atoms in total. The van der Waals surface area contributed by atoms with E-state index in [-0.39, 0.29) is 18.2 Å². The predicted octanol–water partition coefficient (Wildman–Crippen LogP) is 2.85. The standard InChI is InChI=1S/C17H15ClN4O2/c1-11-20-14-4-2-3-5-15(14)22(11)10-17(24)21-19-9-12-8-13(18)6-7-16(12)23/h2-9,23H,10H2,1H3,(H,21,24)/b19-9+. The average molecular weight is 343 g/mol. The first kappa shape index (κ1) is 16.0. The quantitative estimate of drug-likeness (QED) is 0.565. The highest BCUT2D eigenvalue weighted by Crippen LogP contribution is 2.19. The lowest BCUT2D eigenvalue weighted by atomic mass is 10.2. The van der Waals surface area contributed by atoms with Crippen molar-refractivity contribution >= 4 is 34.8 Å². The van der Waals surface area contributed by atoms with Gasteiger partial charge in [0.25, 0.3) is 5.91 Å². The number of halogens is 1. The van der Waals surface area contributed by atoms with E-state index in [1.807, 2.05) is 35.8 Å². The van der Waals surface area contributed by atoms with Crippen molar-refractivity contribution in [1.29, 1.82) is 0 Å². The number of phenols is 1. The van der Waals surface area contributed by atoms with E-state index in [2.05, 4.69) is 15.5 Å². The number of rotatable bonds is 4. The number of nitrogens with one attached hydrogen (secondary N) is 1. The Kier molecular flexibility index (Phi) is 4.48. The monoisotopic (exact) mass is 342 g/mol. The van der Waals surface area contributed by atoms with Gasteiger partial charge in [-0.15, -0.1) is 0 Å². The van der Waals surface area contributed by atoms with E-state index in [4.69, 9.17) is 11.6 Å². The van der Waals surface area contributed by atoms with Crippen LogP contribution >= 0.6 is 11.6 Å². The molecule has 2 N–H and O–H groups in total. The van der Waals surface area contributed by atoms with Crippen molar-refractivity contribution in [2.24, 2.45) is 5.10 Å². The zero-order valence-corrected chi connectivity index (χ0v) is 13.7. The number of hydrogen-bond donors (Lipinski definition) is 2. The number of aromatic hydroxyl groups is 1. The number of carbonyl (C=O) groups excluding carboxylic acids is 1. The molecule has 0 saturated carbocycles. The van der Waals surface area contributed by atoms with E-state index < -0.39 is 0 Å². The first-order chi connectivity index (χ1) is 11.5. The van der Waals surface area contributed by atoms with Crippen LogP contribution in [0.5, 0.6) is 5.75 Å². The molecule has 0 aliphatic carbocycles. The first-order valence-corrected chi connectivity index (χ1v) is 7.64. The highest BCUT2D eigenvalue weighted by molar-refractivity contribution is 6.30. The smallest absolute Gasteiger partial charge is 0.260 e. The van der Waals surface area contributed by atoms with Gasteiger partial charge in [0.2, 0.25) is 0 Å². The summed E-state index contributed by atoms with van der Waals surface area (Å²) in [5.41, 5.74) is 4.59. The Balaban J connectivity index is 1.70. The van der Waals surface area contributed by atoms with Crippen LogP contribution in [0.1, 0.15) is 11.4 Å². The van der Waals surface area contributed by atoms with Crippen molar-refractivity contribution in [2.45, 2.75) is 13.5 Å². The van der Waals surface area contributed by atoms with Crippen molar-refractivity contribution in [3.63, 3.8) is 0 Å². The number of benzene rings is 2. The summed E-state index contributed by atoms with van der Waals surface area (Å²) in [4.78, 5) is 16.5. The van der Waals surface area contributed by atoms with E-state index in [0.717, 1.165) is 16.9 Å². The number of para-hydroxylation sites is 2. The summed E-state index contributed by atoms with van der Waals surface area (Å²) in [5, 5.41) is 14.0. The minimum Gasteiger partial charge on any atom is -0.507 e. The van der Waals surface area contributed by atoms with Gasteiger partial charge in [0.15, 0.2) is 0 Å². The van der Waals surface area contributed by atoms with Gasteiger partial charge in [-0.1, -0.05) is 23.7 Å². The lowest BCUT2D eigenvalue weighted by molar-refractivity contribution is -0.121. The number of fused-ring (bicyclic) bond motifs is 1. The lowest BCUT2D eigenvalue weighted by Crippen LogP contribution is -2.23. The molecule has 3 rings (SSSR count). The number of aryl methyl sites for hydroxylation is 1. The number of phenolic OH excluding ortho intramolecular Hbond substituents is 1. The molecule has 0 bridgehead atoms. The second kappa shape index (κ2) is 6.72. The molecule has 0 atom stereocenters. The van der Waals surface area contributed by atoms with Gasteiger partial charge in [0, 0.05) is 10.6 Å². The highest BCUT2D eigenvalue weighted by atomic mass is 35.5. The van der Waals surface area contributed by atoms with Gasteiger partial charge in [0.05, 0.1) is 17.2 Å². The van der Waals surface area contributed by atoms with Crippen LogP contribution in [-0.2, 0) is 11.3 Å². The Bertz CT molecular complexity index is 933. The third-order valence-electron chi connectivity index (χ3n) is 3.53. The maximum absolute atomic E-state index is 12.1. The lowest BCUT2D eigenvalue weighted by Gasteiger charge is -2.05. The van der Waals surface area contributed by atoms with Crippen molar-refractivity contribution in [2.75, 3.05) is 0 Å². The Labute approximate surface area is 143 Å². The first-order valence-electron chi connectivity index (χ1n) is 7.27. The fraction of sp³-hybridized carbons (Fsp3) is 0.118. The maximum atomic E-state index is 12.1. The fourth-order valence-electron chi connectivity index (χ4n) is 2.38. The zero-order chi connectivity index (χ0) is 17.1. The van der Waals surface area contributed by atoms with E-state index in [0.29, 0.717) is 10.6 Å². The second-order valence-corrected chi connectivity index (χ2v) is 5.67. The van der Waals surface area contributed by atoms with Crippen molar-refractivity contribution < 1.29 is 9.90 Å². The summed E-state index contributed by atoms with van der Waals surface area (Å²) in [6, 6.07) is 12.2. The normalized spacial score (nSPS) is 11.2. The molecule has 0 unspecified atom stereocenters. The Morgan fingerprint density at radius 3 is 3.00 bits per heavy atom. The molecule has 1 amide bonds. The molecule has 1 heterocycles. The number of imidazole rings is 1. The molecule has 0 fully saturated rings. The molecule has 0 spiro atoms. The minimum absolute atomic E-state index is 0.0360. The molecule has 24 heavy (non-hydrogen) atoms. The van der Waals surface area contributed by atoms with Gasteiger partial charge in [0.1, 0.15) is 18.1 Å². The molecular formula is C17H15ClN4O2. The zero-order valence-electron chi connectivity index (χ0n) is 12.9. The Hall–Kier alpha value is -2.86. The molecule has 0 aliphatic heterocycles. The number of amides is 1. The molecule has 0 saturated heterocycles. The van der Waals surface area contributed by atoms with Crippen LogP contribution in [0.2, 0.25) is 5.02 Å². The summed E-state index contributed by atoms with van der Waals surface area (Å²) in [6.07, 6.45) is 1.35. The van der Waals surface area contributed by atoms with Crippen LogP contribution < -0.4 is 5.43 Å². The minimum atomic E-state index is -0.293. The molecule has 0 aliphatic rings. The number of nitrogens with zero attached hydrogens (tertiary/aromatic N) is 3. The number of carbonyl (C=O) groups is 1. The molecule has 0 radical (unpaired) electrons. The largest absolute Gasteiger partial charge is 0.507 e. The van der Waals surface area contributed by atoms with Gasteiger partial charge in [-0.3, -0.25) is 4.79 Å². The summed E-state index contributed by atoms with van der Waals surface area (Å²) in [7, 11) is 0. The van der Waals surface area contributed by atoms with Crippen molar-refractivity contribution in [3.05, 3.63) is 58.9 Å². The van der Waals surface area contributed by atoms with Crippen LogP contribution in [0, 0.1) is 6.92 Å². The van der Waals surface area contributed by atoms with Crippen molar-refractivity contribution in [3.8, 4) is 5.75 Å². The van der Waals surface area contributed by atoms with Crippen LogP contribution in [0.25, 0.3) is 11.0 Å². The number of hydrogen-bond acceptors (Lipinski definition) is 4. The van der Waals surface area contributed by atoms with Crippen LogP contribution in [0.4, 0.5) is 0 Å². The van der Waals surface area contributed by atoms with Gasteiger partial charge in [-0.05, 0) is 37.3 Å². The van der Waals surface area contributed by atoms with E-state index in [1.54, 1.807) is 12.1 Å². The Morgan fingerprint density at radius 2 is 2.17 bits per heavy atom. The Morgan fingerprint density at radius 1 is 1.38 bits per heavy atom. The maximum Gasteiger partial charge on any atom is 0.260 e. The average Bonchev–Trinajstić information content (AvgIpc) is 2.87. The van der Waals surface area contributed by atoms with E-state index >= 15 is 0 Å². The third-order valence-corrected chi connectivity index (χ3v) is 3.76. The van der Waals surface area contributed by atoms with Crippen LogP contribution in [-0.4, -0.2) is 26.8 Å². The van der Waals surface area contributed by atoms with Crippen molar-refractivity contribution in [1.82, 2.24) is 15.0 Å². The van der Waals surface area contributed by atoms with Gasteiger partial charge in [-0.2, -0.15) is 5.10 Å². The molecule has 2 aromatic carbocycles. The topological polar surface area (TPSA) is 79.5 Å². The predicted molar refractivity (Wildman–Crippen MR) is 93.3 cm³/mol. The molecule has 122 valence electrons. The van der Waals surface area contributed by atoms with Crippen LogP contribution in [0.15, 0.2) is 47.6 Å². The molecule has 1 aromatic heterocycles. The highest BCUT2D eigenvalue weighted by Gasteiger charge is 2.10. The van der Waals surface area contributed by atoms with Gasteiger partial charge < -0.3 is 9.67 Å². The fourth-order valence-corrected chi connectivity index (χ4v) is 2.56. The number of hydrazone groups is 1. The molecule has 3 aromatic rings. The van der Waals surface area contributed by atoms with E-state index in [9.17, 15) is 9.90 Å². The summed E-state index contributed by atoms with van der Waals surface area (Å²) in [6.45, 7) is 1.95. The molecule has 7 heteroatoms. The van der Waals surface area contributed by atoms with E-state index in [1.165, 1.54) is 12.3 Å². The second-order valence-electron chi connectivity index (χ2n) is 5.23. The summed E-state index contributed by atoms with van der Waals surface area (Å²) < 4.78 is 1.82. The SMILES string of the molecule is Cc1nc2ccccc2n1CC(=O)N/N=C/c1cc(Cl)ccc1O. The van der Waals surface area contributed by atoms with Gasteiger partial charge >= 0.3 is 0 Å². The summed E-state index contributed by atoms with van der Waals surface area (Å²) >= 11 is 5.86. The molecular weight excluding hydrogens is 328 g/mol. The number of aromatic nitrogens is 2.